The second kappa shape index (κ2) is 6.60. The highest BCUT2D eigenvalue weighted by Crippen LogP contribution is 2.11. The van der Waals surface area contributed by atoms with Crippen LogP contribution >= 0.6 is 0 Å². The predicted octanol–water partition coefficient (Wildman–Crippen LogP) is 0.345. The molecule has 5 heteroatoms. The maximum atomic E-state index is 5.46. The Kier molecular flexibility index (Phi) is 5.77. The molecule has 0 radical (unpaired) electrons. The first-order valence-electron chi connectivity index (χ1n) is 5.50. The van der Waals surface area contributed by atoms with E-state index < -0.39 is 0 Å². The fourth-order valence-corrected chi connectivity index (χ4v) is 2.82. The number of hydrogen-bond donors (Lipinski definition) is 0. The molecule has 0 aromatic heterocycles. The molecule has 0 N–H and O–H groups in total. The van der Waals surface area contributed by atoms with Crippen molar-refractivity contribution in [2.45, 2.75) is 30.9 Å². The average molecular weight is 234 g/mol. The molecule has 0 bridgehead atoms. The second-order valence-electron chi connectivity index (χ2n) is 4.03. The topological polar surface area (TPSA) is 40.2 Å². The zero-order valence-corrected chi connectivity index (χ0v) is 11.4. The van der Waals surface area contributed by atoms with Crippen molar-refractivity contribution in [3.63, 3.8) is 0 Å². The molecule has 1 fully saturated rings. The quantitative estimate of drug-likeness (QED) is 0.250. The Bertz CT molecular complexity index is 169. The summed E-state index contributed by atoms with van der Waals surface area (Å²) in [6.07, 6.45) is 1.48. The Hall–Kier alpha value is 0.0569. The number of methoxy groups -OCH3 is 2. The van der Waals surface area contributed by atoms with Gasteiger partial charge in [-0.2, -0.15) is 0 Å². The lowest BCUT2D eigenvalue weighted by atomic mass is 10.5. The average Bonchev–Trinajstić information content (AvgIpc) is 3.06. The highest BCUT2D eigenvalue weighted by atomic mass is 28.2. The van der Waals surface area contributed by atoms with Crippen LogP contribution in [0.4, 0.5) is 0 Å². The zero-order chi connectivity index (χ0) is 11.1. The van der Waals surface area contributed by atoms with Crippen LogP contribution < -0.4 is 0 Å². The van der Waals surface area contributed by atoms with Crippen molar-refractivity contribution >= 4 is 9.52 Å². The van der Waals surface area contributed by atoms with Gasteiger partial charge in [-0.15, -0.1) is 0 Å². The molecule has 0 spiro atoms. The largest absolute Gasteiger partial charge is 0.379 e. The Labute approximate surface area is 94.0 Å². The lowest BCUT2D eigenvalue weighted by molar-refractivity contribution is -0.130. The van der Waals surface area contributed by atoms with E-state index in [2.05, 4.69) is 0 Å². The smallest absolute Gasteiger partial charge is 0.141 e. The van der Waals surface area contributed by atoms with Crippen molar-refractivity contribution in [2.24, 2.45) is 0 Å². The molecular formula is C10H22O4Si. The summed E-state index contributed by atoms with van der Waals surface area (Å²) in [6, 6.07) is 1.18. The van der Waals surface area contributed by atoms with E-state index in [1.165, 1.54) is 6.04 Å². The van der Waals surface area contributed by atoms with E-state index in [1.54, 1.807) is 14.2 Å². The van der Waals surface area contributed by atoms with E-state index in [-0.39, 0.29) is 14.9 Å². The molecule has 0 aromatic carbocycles. The van der Waals surface area contributed by atoms with E-state index in [0.29, 0.717) is 6.10 Å². The summed E-state index contributed by atoms with van der Waals surface area (Å²) >= 11 is 0. The molecular weight excluding hydrogens is 212 g/mol. The molecule has 15 heavy (non-hydrogen) atoms. The van der Waals surface area contributed by atoms with Crippen molar-refractivity contribution in [1.82, 2.24) is 0 Å². The van der Waals surface area contributed by atoms with Crippen molar-refractivity contribution in [2.75, 3.05) is 34.0 Å². The van der Waals surface area contributed by atoms with Gasteiger partial charge in [-0.1, -0.05) is 6.04 Å². The van der Waals surface area contributed by atoms with Gasteiger partial charge < -0.3 is 18.9 Å². The molecule has 0 saturated carbocycles. The second-order valence-corrected chi connectivity index (χ2v) is 6.52. The van der Waals surface area contributed by atoms with Crippen LogP contribution in [0.3, 0.4) is 0 Å². The van der Waals surface area contributed by atoms with Crippen LogP contribution in [0, 0.1) is 0 Å². The lowest BCUT2D eigenvalue weighted by Gasteiger charge is -2.26. The van der Waals surface area contributed by atoms with Crippen LogP contribution in [0.2, 0.25) is 6.04 Å². The van der Waals surface area contributed by atoms with E-state index in [1.807, 2.05) is 6.92 Å². The molecule has 0 aliphatic carbocycles. The number of rotatable bonds is 9. The third-order valence-electron chi connectivity index (χ3n) is 2.74. The monoisotopic (exact) mass is 234 g/mol. The van der Waals surface area contributed by atoms with Gasteiger partial charge in [0.15, 0.2) is 0 Å². The SMILES string of the molecule is COC(C)(OC)[SiH2]CCCOCC1CO1. The van der Waals surface area contributed by atoms with Crippen molar-refractivity contribution in [3.8, 4) is 0 Å². The van der Waals surface area contributed by atoms with Crippen LogP contribution in [0.25, 0.3) is 0 Å². The van der Waals surface area contributed by atoms with Crippen LogP contribution in [-0.4, -0.2) is 55.1 Å². The first-order chi connectivity index (χ1) is 7.20. The highest BCUT2D eigenvalue weighted by Gasteiger charge is 2.23. The fourth-order valence-electron chi connectivity index (χ4n) is 1.32. The van der Waals surface area contributed by atoms with Crippen molar-refractivity contribution in [3.05, 3.63) is 0 Å². The van der Waals surface area contributed by atoms with Gasteiger partial charge in [0, 0.05) is 20.8 Å². The summed E-state index contributed by atoms with van der Waals surface area (Å²) in [7, 11) is 3.05. The summed E-state index contributed by atoms with van der Waals surface area (Å²) in [6.45, 7) is 4.47. The van der Waals surface area contributed by atoms with E-state index in [4.69, 9.17) is 18.9 Å². The third kappa shape index (κ3) is 5.63. The molecule has 1 atom stereocenters. The number of ether oxygens (including phenoxy) is 4. The van der Waals surface area contributed by atoms with Crippen LogP contribution in [0.5, 0.6) is 0 Å². The molecule has 1 rings (SSSR count). The van der Waals surface area contributed by atoms with Crippen LogP contribution in [-0.2, 0) is 18.9 Å². The van der Waals surface area contributed by atoms with Gasteiger partial charge in [0.1, 0.15) is 11.5 Å². The maximum Gasteiger partial charge on any atom is 0.141 e. The van der Waals surface area contributed by atoms with E-state index in [9.17, 15) is 0 Å². The summed E-state index contributed by atoms with van der Waals surface area (Å²) in [5.41, 5.74) is -0.306. The Morgan fingerprint density at radius 3 is 2.60 bits per heavy atom. The van der Waals surface area contributed by atoms with Crippen LogP contribution in [0.15, 0.2) is 0 Å². The Morgan fingerprint density at radius 1 is 1.40 bits per heavy atom. The van der Waals surface area contributed by atoms with Crippen molar-refractivity contribution < 1.29 is 18.9 Å². The minimum Gasteiger partial charge on any atom is -0.379 e. The zero-order valence-electron chi connectivity index (χ0n) is 9.95. The summed E-state index contributed by atoms with van der Waals surface area (Å²) in [5.74, 6) is 0. The van der Waals surface area contributed by atoms with Gasteiger partial charge in [-0.25, -0.2) is 0 Å². The van der Waals surface area contributed by atoms with Gasteiger partial charge >= 0.3 is 0 Å². The standard InChI is InChI=1S/C10H22O4Si/c1-10(11-2,12-3)15-6-4-5-13-7-9-8-14-9/h9H,4-8,15H2,1-3H3. The predicted molar refractivity (Wildman–Crippen MR) is 61.0 cm³/mol. The highest BCUT2D eigenvalue weighted by molar-refractivity contribution is 6.38. The Morgan fingerprint density at radius 2 is 2.07 bits per heavy atom. The Balaban J connectivity index is 1.90. The molecule has 1 unspecified atom stereocenters. The van der Waals surface area contributed by atoms with Crippen LogP contribution in [0.1, 0.15) is 13.3 Å². The maximum absolute atomic E-state index is 5.46. The summed E-state index contributed by atoms with van der Waals surface area (Å²) in [4.78, 5) is 0. The fraction of sp³-hybridized carbons (Fsp3) is 1.00. The molecule has 1 aliphatic heterocycles. The minimum absolute atomic E-state index is 0.306. The molecule has 4 nitrogen and oxygen atoms in total. The number of hydrogen-bond acceptors (Lipinski definition) is 4. The number of epoxide rings is 1. The molecule has 0 aromatic rings. The van der Waals surface area contributed by atoms with Gasteiger partial charge in [-0.05, 0) is 13.3 Å². The minimum atomic E-state index is -0.359. The molecule has 1 heterocycles. The van der Waals surface area contributed by atoms with Crippen molar-refractivity contribution in [1.29, 1.82) is 0 Å². The summed E-state index contributed by atoms with van der Waals surface area (Å²) < 4.78 is 21.1. The van der Waals surface area contributed by atoms with Gasteiger partial charge in [0.2, 0.25) is 0 Å². The first kappa shape index (κ1) is 13.1. The molecule has 1 saturated heterocycles. The normalized spacial score (nSPS) is 21.4. The lowest BCUT2D eigenvalue weighted by Crippen LogP contribution is -2.36. The third-order valence-corrected chi connectivity index (χ3v) is 5.08. The van der Waals surface area contributed by atoms with E-state index in [0.717, 1.165) is 26.2 Å². The molecule has 0 amide bonds. The molecule has 90 valence electrons. The van der Waals surface area contributed by atoms with Gasteiger partial charge in [0.25, 0.3) is 0 Å². The first-order valence-corrected chi connectivity index (χ1v) is 7.20. The molecule has 1 aliphatic rings. The van der Waals surface area contributed by atoms with Gasteiger partial charge in [0.05, 0.1) is 22.7 Å². The van der Waals surface area contributed by atoms with Gasteiger partial charge in [-0.3, -0.25) is 0 Å². The van der Waals surface area contributed by atoms with E-state index >= 15 is 0 Å². The summed E-state index contributed by atoms with van der Waals surface area (Å²) in [5, 5.41) is 0.